The monoisotopic (exact) mass is 435 g/mol. The Balaban J connectivity index is 1.32. The van der Waals surface area contributed by atoms with Gasteiger partial charge in [0.2, 0.25) is 0 Å². The molecule has 0 spiro atoms. The lowest BCUT2D eigenvalue weighted by molar-refractivity contribution is -0.117. The maximum atomic E-state index is 12.4. The van der Waals surface area contributed by atoms with Crippen LogP contribution in [-0.2, 0) is 0 Å². The summed E-state index contributed by atoms with van der Waals surface area (Å²) in [5.74, 6) is 2.71. The van der Waals surface area contributed by atoms with E-state index in [2.05, 4.69) is 35.4 Å². The van der Waals surface area contributed by atoms with Gasteiger partial charge in [0.25, 0.3) is 5.91 Å². The number of fused-ring (bicyclic) bond motifs is 5. The summed E-state index contributed by atoms with van der Waals surface area (Å²) in [4.78, 5) is 16.4. The number of nitrogens with one attached hydrogen (secondary N) is 1. The quantitative estimate of drug-likeness (QED) is 0.511. The van der Waals surface area contributed by atoms with Crippen molar-refractivity contribution in [2.45, 2.75) is 78.2 Å². The lowest BCUT2D eigenvalue weighted by Crippen LogP contribution is -2.53. The van der Waals surface area contributed by atoms with Gasteiger partial charge in [-0.15, -0.1) is 0 Å². The van der Waals surface area contributed by atoms with Crippen LogP contribution in [0, 0.1) is 34.5 Å². The van der Waals surface area contributed by atoms with Crippen LogP contribution in [0.15, 0.2) is 41.3 Å². The predicted molar refractivity (Wildman–Crippen MR) is 126 cm³/mol. The van der Waals surface area contributed by atoms with Gasteiger partial charge in [-0.2, -0.15) is 5.10 Å². The van der Waals surface area contributed by atoms with Crippen LogP contribution in [0.1, 0.15) is 82.5 Å². The van der Waals surface area contributed by atoms with Crippen LogP contribution in [0.25, 0.3) is 0 Å². The summed E-state index contributed by atoms with van der Waals surface area (Å²) in [6, 6.07) is 3.41. The highest BCUT2D eigenvalue weighted by molar-refractivity contribution is 6.01. The number of carbonyl (C=O) groups is 1. The molecule has 5 rings (SSSR count). The summed E-state index contributed by atoms with van der Waals surface area (Å²) < 4.78 is 0. The van der Waals surface area contributed by atoms with Gasteiger partial charge in [0.05, 0.1) is 11.8 Å². The summed E-state index contributed by atoms with van der Waals surface area (Å²) in [5.41, 5.74) is 6.14. The first kappa shape index (κ1) is 21.8. The molecule has 0 unspecified atom stereocenters. The van der Waals surface area contributed by atoms with Crippen molar-refractivity contribution >= 4 is 11.6 Å². The Bertz CT molecular complexity index is 941. The molecule has 0 saturated heterocycles. The van der Waals surface area contributed by atoms with Crippen LogP contribution in [0.4, 0.5) is 0 Å². The normalized spacial score (nSPS) is 41.2. The number of amides is 1. The fourth-order valence-electron chi connectivity index (χ4n) is 8.13. The first-order valence-electron chi connectivity index (χ1n) is 12.5. The fourth-order valence-corrected chi connectivity index (χ4v) is 8.13. The number of aliphatic hydroxyl groups is 1. The summed E-state index contributed by atoms with van der Waals surface area (Å²) in [6.07, 6.45) is 14.9. The van der Waals surface area contributed by atoms with E-state index in [0.717, 1.165) is 36.8 Å². The minimum atomic E-state index is -0.193. The van der Waals surface area contributed by atoms with Crippen molar-refractivity contribution in [1.82, 2.24) is 10.4 Å². The zero-order chi connectivity index (χ0) is 22.5. The molecule has 3 fully saturated rings. The number of allylic oxidation sites excluding steroid dienone is 2. The maximum Gasteiger partial charge on any atom is 0.271 e. The number of hydrazone groups is 1. The average molecular weight is 436 g/mol. The summed E-state index contributed by atoms with van der Waals surface area (Å²) in [7, 11) is 0. The van der Waals surface area contributed by atoms with E-state index < -0.39 is 0 Å². The topological polar surface area (TPSA) is 74.6 Å². The Morgan fingerprint density at radius 3 is 2.69 bits per heavy atom. The summed E-state index contributed by atoms with van der Waals surface area (Å²) in [6.45, 7) is 7.02. The molecule has 0 radical (unpaired) electrons. The number of aromatic nitrogens is 1. The molecule has 5 heteroatoms. The van der Waals surface area contributed by atoms with E-state index in [1.165, 1.54) is 37.7 Å². The highest BCUT2D eigenvalue weighted by Crippen LogP contribution is 2.66. The standard InChI is InChI=1S/C27H37N3O2/c1-17(29-30-25(32)18-10-14-28-15-11-18)22-6-7-23-21-5-4-19-16-20(31)8-12-26(19,2)24(21)9-13-27(22,23)3/h6,10-11,14-15,19-21,23-24,31H,4-5,7-9,12-13,16H2,1-3H3,(H,30,32)/b29-17-/t19-,20+,21-,23-,24-,26-,27+/m0/s1. The molecule has 172 valence electrons. The molecular weight excluding hydrogens is 398 g/mol. The number of pyridine rings is 1. The third-order valence-corrected chi connectivity index (χ3v) is 9.88. The van der Waals surface area contributed by atoms with Crippen LogP contribution in [0.5, 0.6) is 0 Å². The molecule has 4 aliphatic carbocycles. The summed E-state index contributed by atoms with van der Waals surface area (Å²) in [5, 5.41) is 14.8. The van der Waals surface area contributed by atoms with Crippen LogP contribution in [0.2, 0.25) is 0 Å². The molecule has 1 aromatic heterocycles. The van der Waals surface area contributed by atoms with Gasteiger partial charge >= 0.3 is 0 Å². The molecule has 4 aliphatic rings. The smallest absolute Gasteiger partial charge is 0.271 e. The molecule has 1 amide bonds. The van der Waals surface area contributed by atoms with Crippen molar-refractivity contribution in [2.75, 3.05) is 0 Å². The summed E-state index contributed by atoms with van der Waals surface area (Å²) >= 11 is 0. The van der Waals surface area contributed by atoms with E-state index in [9.17, 15) is 9.90 Å². The van der Waals surface area contributed by atoms with Gasteiger partial charge in [-0.05, 0) is 110 Å². The second-order valence-electron chi connectivity index (χ2n) is 11.3. The SMILES string of the molecule is C/C(=N/NC(=O)c1ccncc1)C1=CC[C@H]2[C@@H]3CC[C@H]4C[C@H](O)CC[C@]4(C)[C@H]3CC[C@]12C. The molecule has 32 heavy (non-hydrogen) atoms. The van der Waals surface area contributed by atoms with Crippen LogP contribution >= 0.6 is 0 Å². The molecule has 5 nitrogen and oxygen atoms in total. The highest BCUT2D eigenvalue weighted by atomic mass is 16.3. The second-order valence-corrected chi connectivity index (χ2v) is 11.3. The Labute approximate surface area is 191 Å². The van der Waals surface area contributed by atoms with E-state index in [1.807, 2.05) is 6.92 Å². The van der Waals surface area contributed by atoms with Gasteiger partial charge < -0.3 is 5.11 Å². The third kappa shape index (κ3) is 3.44. The molecule has 2 N–H and O–H groups in total. The molecule has 3 saturated carbocycles. The minimum absolute atomic E-state index is 0.0838. The lowest BCUT2D eigenvalue weighted by Gasteiger charge is -2.60. The van der Waals surface area contributed by atoms with E-state index in [4.69, 9.17) is 0 Å². The van der Waals surface area contributed by atoms with E-state index in [0.29, 0.717) is 22.8 Å². The number of carbonyl (C=O) groups excluding carboxylic acids is 1. The van der Waals surface area contributed by atoms with Crippen molar-refractivity contribution < 1.29 is 9.90 Å². The van der Waals surface area contributed by atoms with Crippen molar-refractivity contribution in [3.63, 3.8) is 0 Å². The van der Waals surface area contributed by atoms with Crippen molar-refractivity contribution in [3.8, 4) is 0 Å². The van der Waals surface area contributed by atoms with Gasteiger partial charge in [-0.1, -0.05) is 19.9 Å². The predicted octanol–water partition coefficient (Wildman–Crippen LogP) is 5.13. The largest absolute Gasteiger partial charge is 0.393 e. The molecule has 0 aliphatic heterocycles. The van der Waals surface area contributed by atoms with Gasteiger partial charge in [-0.25, -0.2) is 5.43 Å². The molecule has 0 aromatic carbocycles. The molecule has 1 aromatic rings. The van der Waals surface area contributed by atoms with Crippen molar-refractivity contribution in [3.05, 3.63) is 41.7 Å². The minimum Gasteiger partial charge on any atom is -0.393 e. The van der Waals surface area contributed by atoms with Crippen LogP contribution < -0.4 is 5.43 Å². The Morgan fingerprint density at radius 1 is 1.12 bits per heavy atom. The first-order valence-corrected chi connectivity index (χ1v) is 12.5. The van der Waals surface area contributed by atoms with Crippen molar-refractivity contribution in [1.29, 1.82) is 0 Å². The van der Waals surface area contributed by atoms with E-state index in [-0.39, 0.29) is 17.4 Å². The van der Waals surface area contributed by atoms with Crippen LogP contribution in [-0.4, -0.2) is 27.8 Å². The molecule has 7 atom stereocenters. The van der Waals surface area contributed by atoms with Gasteiger partial charge in [-0.3, -0.25) is 9.78 Å². The van der Waals surface area contributed by atoms with E-state index in [1.54, 1.807) is 24.5 Å². The average Bonchev–Trinajstić information content (AvgIpc) is 3.15. The lowest BCUT2D eigenvalue weighted by atomic mass is 9.44. The first-order chi connectivity index (χ1) is 15.3. The fraction of sp³-hybridized carbons (Fsp3) is 0.667. The zero-order valence-corrected chi connectivity index (χ0v) is 19.7. The zero-order valence-electron chi connectivity index (χ0n) is 19.7. The Morgan fingerprint density at radius 2 is 1.91 bits per heavy atom. The van der Waals surface area contributed by atoms with Gasteiger partial charge in [0, 0.05) is 18.0 Å². The number of aliphatic hydroxyl groups excluding tert-OH is 1. The number of rotatable bonds is 3. The third-order valence-electron chi connectivity index (χ3n) is 9.88. The number of nitrogens with zero attached hydrogens (tertiary/aromatic N) is 2. The maximum absolute atomic E-state index is 12.4. The Kier molecular flexibility index (Phi) is 5.51. The highest BCUT2D eigenvalue weighted by Gasteiger charge is 2.58. The van der Waals surface area contributed by atoms with Crippen LogP contribution in [0.3, 0.4) is 0 Å². The molecule has 1 heterocycles. The second kappa shape index (κ2) is 8.09. The van der Waals surface area contributed by atoms with E-state index >= 15 is 0 Å². The molecule has 0 bridgehead atoms. The van der Waals surface area contributed by atoms with Crippen molar-refractivity contribution in [2.24, 2.45) is 39.6 Å². The van der Waals surface area contributed by atoms with Gasteiger partial charge in [0.15, 0.2) is 0 Å². The number of hydrogen-bond donors (Lipinski definition) is 2. The number of hydrogen-bond acceptors (Lipinski definition) is 4. The van der Waals surface area contributed by atoms with Gasteiger partial charge in [0.1, 0.15) is 0 Å². The Hall–Kier alpha value is -2.01. The molecular formula is C27H37N3O2.